The van der Waals surface area contributed by atoms with Crippen LogP contribution in [0.15, 0.2) is 0 Å². The Balaban J connectivity index is 3.77. The molecular formula is C10H24N2OSi. The van der Waals surface area contributed by atoms with Crippen molar-refractivity contribution in [1.82, 2.24) is 5.32 Å². The zero-order chi connectivity index (χ0) is 11.0. The van der Waals surface area contributed by atoms with E-state index in [1.54, 1.807) is 0 Å². The van der Waals surface area contributed by atoms with Gasteiger partial charge < -0.3 is 11.1 Å². The van der Waals surface area contributed by atoms with Gasteiger partial charge in [-0.15, -0.1) is 0 Å². The lowest BCUT2D eigenvalue weighted by Crippen LogP contribution is -2.34. The van der Waals surface area contributed by atoms with Gasteiger partial charge in [0, 0.05) is 6.54 Å². The number of carbonyl (C=O) groups excluding carboxylic acids is 1. The van der Waals surface area contributed by atoms with E-state index in [1.807, 2.05) is 0 Å². The average molecular weight is 216 g/mol. The molecule has 0 spiro atoms. The molecule has 4 heteroatoms. The summed E-state index contributed by atoms with van der Waals surface area (Å²) in [7, 11) is -0.982. The predicted molar refractivity (Wildman–Crippen MR) is 64.2 cm³/mol. The fourth-order valence-corrected chi connectivity index (χ4v) is 5.44. The molecule has 0 atom stereocenters. The molecule has 14 heavy (non-hydrogen) atoms. The van der Waals surface area contributed by atoms with Crippen LogP contribution in [0.25, 0.3) is 0 Å². The molecule has 0 aliphatic rings. The molecule has 3 N–H and O–H groups in total. The number of hydrogen-bond acceptors (Lipinski definition) is 1. The number of amides is 2. The van der Waals surface area contributed by atoms with Crippen molar-refractivity contribution in [3.05, 3.63) is 0 Å². The van der Waals surface area contributed by atoms with Crippen molar-refractivity contribution < 1.29 is 4.79 Å². The molecule has 0 saturated carbocycles. The van der Waals surface area contributed by atoms with Gasteiger partial charge in [-0.1, -0.05) is 44.9 Å². The Labute approximate surface area is 88.5 Å². The first-order valence-corrected chi connectivity index (χ1v) is 8.46. The average Bonchev–Trinajstić information content (AvgIpc) is 2.19. The predicted octanol–water partition coefficient (Wildman–Crippen LogP) is 2.55. The van der Waals surface area contributed by atoms with Crippen LogP contribution in [0, 0.1) is 0 Å². The van der Waals surface area contributed by atoms with Gasteiger partial charge >= 0.3 is 6.03 Å². The summed E-state index contributed by atoms with van der Waals surface area (Å²) in [6, 6.07) is 4.99. The maximum absolute atomic E-state index is 10.5. The van der Waals surface area contributed by atoms with E-state index in [0.717, 1.165) is 13.0 Å². The highest BCUT2D eigenvalue weighted by atomic mass is 28.3. The number of nitrogens with one attached hydrogen (secondary N) is 1. The Morgan fingerprint density at radius 1 is 1.21 bits per heavy atom. The summed E-state index contributed by atoms with van der Waals surface area (Å²) < 4.78 is 0. The molecule has 0 heterocycles. The van der Waals surface area contributed by atoms with Crippen molar-refractivity contribution >= 4 is 14.1 Å². The zero-order valence-electron chi connectivity index (χ0n) is 9.73. The molecule has 0 aromatic carbocycles. The Morgan fingerprint density at radius 3 is 2.07 bits per heavy atom. The molecule has 0 aromatic heterocycles. The minimum Gasteiger partial charge on any atom is -0.352 e. The maximum atomic E-state index is 10.5. The summed E-state index contributed by atoms with van der Waals surface area (Å²) in [5, 5.41) is 2.65. The third-order valence-electron chi connectivity index (χ3n) is 3.43. The minimum absolute atomic E-state index is 0.401. The lowest BCUT2D eigenvalue weighted by molar-refractivity contribution is 0.249. The van der Waals surface area contributed by atoms with Crippen molar-refractivity contribution in [3.8, 4) is 0 Å². The second-order valence-electron chi connectivity index (χ2n) is 3.96. The molecule has 0 aromatic rings. The summed E-state index contributed by atoms with van der Waals surface area (Å²) in [5.41, 5.74) is 5.00. The van der Waals surface area contributed by atoms with E-state index in [4.69, 9.17) is 5.73 Å². The molecule has 0 rings (SSSR count). The molecule has 84 valence electrons. The number of primary amides is 1. The van der Waals surface area contributed by atoms with Crippen LogP contribution in [0.5, 0.6) is 0 Å². The summed E-state index contributed by atoms with van der Waals surface area (Å²) in [6.45, 7) is 7.66. The smallest absolute Gasteiger partial charge is 0.312 e. The van der Waals surface area contributed by atoms with E-state index >= 15 is 0 Å². The van der Waals surface area contributed by atoms with Crippen LogP contribution < -0.4 is 11.1 Å². The van der Waals surface area contributed by atoms with E-state index in [1.165, 1.54) is 24.2 Å². The lowest BCUT2D eigenvalue weighted by atomic mass is 10.5. The van der Waals surface area contributed by atoms with Crippen LogP contribution >= 0.6 is 0 Å². The highest BCUT2D eigenvalue weighted by molar-refractivity contribution is 6.79. The maximum Gasteiger partial charge on any atom is 0.312 e. The van der Waals surface area contributed by atoms with Crippen LogP contribution in [0.3, 0.4) is 0 Å². The lowest BCUT2D eigenvalue weighted by Gasteiger charge is -2.27. The zero-order valence-corrected chi connectivity index (χ0v) is 10.7. The first-order chi connectivity index (χ1) is 6.60. The van der Waals surface area contributed by atoms with E-state index in [-0.39, 0.29) is 0 Å². The highest BCUT2D eigenvalue weighted by Crippen LogP contribution is 2.25. The summed E-state index contributed by atoms with van der Waals surface area (Å²) in [4.78, 5) is 10.5. The SMILES string of the molecule is CC[Si](CC)(CC)CCCNC(N)=O. The first-order valence-electron chi connectivity index (χ1n) is 5.63. The molecule has 2 amide bonds. The molecule has 0 saturated heterocycles. The standard InChI is InChI=1S/C10H24N2OSi/c1-4-14(5-2,6-3)9-7-8-12-10(11)13/h4-9H2,1-3H3,(H3,11,12,13). The normalized spacial score (nSPS) is 11.4. The van der Waals surface area contributed by atoms with Gasteiger partial charge in [0.1, 0.15) is 0 Å². The fourth-order valence-electron chi connectivity index (χ4n) is 1.96. The number of urea groups is 1. The van der Waals surface area contributed by atoms with Crippen LogP contribution in [0.1, 0.15) is 27.2 Å². The Kier molecular flexibility index (Phi) is 6.62. The summed E-state index contributed by atoms with van der Waals surface area (Å²) >= 11 is 0. The summed E-state index contributed by atoms with van der Waals surface area (Å²) in [6.07, 6.45) is 1.09. The van der Waals surface area contributed by atoms with Gasteiger partial charge in [-0.2, -0.15) is 0 Å². The monoisotopic (exact) mass is 216 g/mol. The second-order valence-corrected chi connectivity index (χ2v) is 9.58. The topological polar surface area (TPSA) is 55.1 Å². The largest absolute Gasteiger partial charge is 0.352 e. The molecule has 0 fully saturated rings. The molecule has 0 aliphatic carbocycles. The third-order valence-corrected chi connectivity index (χ3v) is 9.35. The number of rotatable bonds is 7. The molecule has 0 bridgehead atoms. The van der Waals surface area contributed by atoms with Crippen molar-refractivity contribution in [3.63, 3.8) is 0 Å². The Hall–Kier alpha value is -0.513. The summed E-state index contributed by atoms with van der Waals surface area (Å²) in [5.74, 6) is 0. The van der Waals surface area contributed by atoms with E-state index in [2.05, 4.69) is 26.1 Å². The van der Waals surface area contributed by atoms with Gasteiger partial charge in [-0.05, 0) is 6.42 Å². The van der Waals surface area contributed by atoms with Crippen molar-refractivity contribution in [2.75, 3.05) is 6.54 Å². The van der Waals surface area contributed by atoms with Gasteiger partial charge in [0.2, 0.25) is 0 Å². The van der Waals surface area contributed by atoms with Crippen LogP contribution in [-0.4, -0.2) is 20.6 Å². The minimum atomic E-state index is -0.982. The van der Waals surface area contributed by atoms with Gasteiger partial charge in [0.25, 0.3) is 0 Å². The van der Waals surface area contributed by atoms with Gasteiger partial charge in [0.15, 0.2) is 0 Å². The highest BCUT2D eigenvalue weighted by Gasteiger charge is 2.25. The van der Waals surface area contributed by atoms with Crippen LogP contribution in [-0.2, 0) is 0 Å². The molecular weight excluding hydrogens is 192 g/mol. The molecule has 0 radical (unpaired) electrons. The van der Waals surface area contributed by atoms with E-state index in [0.29, 0.717) is 0 Å². The van der Waals surface area contributed by atoms with Crippen molar-refractivity contribution in [2.24, 2.45) is 5.73 Å². The van der Waals surface area contributed by atoms with E-state index in [9.17, 15) is 4.79 Å². The quantitative estimate of drug-likeness (QED) is 0.499. The van der Waals surface area contributed by atoms with Gasteiger partial charge in [0.05, 0.1) is 8.07 Å². The van der Waals surface area contributed by atoms with Gasteiger partial charge in [-0.25, -0.2) is 4.79 Å². The Morgan fingerprint density at radius 2 is 1.71 bits per heavy atom. The second kappa shape index (κ2) is 6.87. The molecule has 3 nitrogen and oxygen atoms in total. The first kappa shape index (κ1) is 13.5. The molecule has 0 unspecified atom stereocenters. The fraction of sp³-hybridized carbons (Fsp3) is 0.900. The van der Waals surface area contributed by atoms with Crippen LogP contribution in [0.4, 0.5) is 4.79 Å². The van der Waals surface area contributed by atoms with Gasteiger partial charge in [-0.3, -0.25) is 0 Å². The molecule has 0 aliphatic heterocycles. The van der Waals surface area contributed by atoms with Crippen LogP contribution in [0.2, 0.25) is 24.2 Å². The Bertz CT molecular complexity index is 161. The third kappa shape index (κ3) is 4.65. The number of hydrogen-bond donors (Lipinski definition) is 2. The number of nitrogens with two attached hydrogens (primary N) is 1. The van der Waals surface area contributed by atoms with E-state index < -0.39 is 14.1 Å². The number of carbonyl (C=O) groups is 1. The van der Waals surface area contributed by atoms with Crippen molar-refractivity contribution in [2.45, 2.75) is 51.4 Å². The van der Waals surface area contributed by atoms with Crippen molar-refractivity contribution in [1.29, 1.82) is 0 Å².